The highest BCUT2D eigenvalue weighted by Crippen LogP contribution is 2.39. The van der Waals surface area contributed by atoms with Crippen LogP contribution in [0.2, 0.25) is 0 Å². The van der Waals surface area contributed by atoms with Crippen LogP contribution in [0.3, 0.4) is 0 Å². The van der Waals surface area contributed by atoms with Crippen molar-refractivity contribution in [2.75, 3.05) is 12.8 Å². The van der Waals surface area contributed by atoms with Gasteiger partial charge in [0, 0.05) is 0 Å². The van der Waals surface area contributed by atoms with Crippen molar-refractivity contribution >= 4 is 21.7 Å². The molecule has 0 aliphatic heterocycles. The van der Waals surface area contributed by atoms with Gasteiger partial charge in [-0.25, -0.2) is 0 Å². The van der Waals surface area contributed by atoms with Crippen molar-refractivity contribution in [2.24, 2.45) is 0 Å². The maximum atomic E-state index is 6.03. The molecular formula is C15H14BrN3O2. The zero-order valence-electron chi connectivity index (χ0n) is 11.6. The normalized spacial score (nSPS) is 10.8. The molecule has 0 spiro atoms. The highest BCUT2D eigenvalue weighted by atomic mass is 79.9. The number of nitrogens with one attached hydrogen (secondary N) is 1. The van der Waals surface area contributed by atoms with Crippen LogP contribution in [0.25, 0.3) is 22.4 Å². The molecule has 21 heavy (non-hydrogen) atoms. The van der Waals surface area contributed by atoms with Gasteiger partial charge in [0.25, 0.3) is 0 Å². The molecule has 2 aromatic heterocycles. The van der Waals surface area contributed by atoms with Crippen LogP contribution >= 0.6 is 15.9 Å². The average Bonchev–Trinajstić information content (AvgIpc) is 3.05. The van der Waals surface area contributed by atoms with E-state index in [1.165, 1.54) is 0 Å². The number of nitrogens with zero attached hydrogens (tertiary/aromatic N) is 1. The summed E-state index contributed by atoms with van der Waals surface area (Å²) >= 11 is 3.38. The lowest BCUT2D eigenvalue weighted by atomic mass is 10.0. The fraction of sp³-hybridized carbons (Fsp3) is 0.133. The van der Waals surface area contributed by atoms with Crippen LogP contribution in [0.4, 0.5) is 5.82 Å². The van der Waals surface area contributed by atoms with E-state index in [0.717, 1.165) is 33.7 Å². The van der Waals surface area contributed by atoms with Gasteiger partial charge in [-0.1, -0.05) is 12.1 Å². The van der Waals surface area contributed by atoms with Gasteiger partial charge in [-0.2, -0.15) is 5.10 Å². The molecule has 2 heterocycles. The number of aryl methyl sites for hydroxylation is 1. The van der Waals surface area contributed by atoms with E-state index in [-0.39, 0.29) is 0 Å². The number of ether oxygens (including phenoxy) is 1. The number of nitrogens with two attached hydrogens (primary N) is 1. The predicted octanol–water partition coefficient (Wildman–Crippen LogP) is 4.00. The third-order valence-corrected chi connectivity index (χ3v) is 3.99. The number of hydrogen-bond acceptors (Lipinski definition) is 4. The number of H-pyrrole nitrogens is 1. The molecule has 0 atom stereocenters. The Morgan fingerprint density at radius 1 is 1.33 bits per heavy atom. The zero-order chi connectivity index (χ0) is 15.0. The first kappa shape index (κ1) is 13.8. The third kappa shape index (κ3) is 2.31. The van der Waals surface area contributed by atoms with Crippen molar-refractivity contribution in [3.05, 3.63) is 40.8 Å². The standard InChI is InChI=1S/C15H14BrN3O2/c1-8-3-4-9(7-11(8)20-2)12-13(18-19-15(12)17)10-5-6-21-14(10)16/h3-7H,1-2H3,(H3,17,18,19). The van der Waals surface area contributed by atoms with Crippen LogP contribution in [-0.4, -0.2) is 17.3 Å². The summed E-state index contributed by atoms with van der Waals surface area (Å²) in [6.45, 7) is 1.99. The molecule has 3 N–H and O–H groups in total. The van der Waals surface area contributed by atoms with Crippen LogP contribution in [0.1, 0.15) is 5.56 Å². The van der Waals surface area contributed by atoms with E-state index in [9.17, 15) is 0 Å². The summed E-state index contributed by atoms with van der Waals surface area (Å²) in [6.07, 6.45) is 1.61. The summed E-state index contributed by atoms with van der Waals surface area (Å²) in [4.78, 5) is 0. The Hall–Kier alpha value is -2.21. The summed E-state index contributed by atoms with van der Waals surface area (Å²) in [6, 6.07) is 7.80. The molecule has 0 saturated heterocycles. The van der Waals surface area contributed by atoms with Crippen LogP contribution in [0.5, 0.6) is 5.75 Å². The SMILES string of the molecule is COc1cc(-c2c(N)n[nH]c2-c2ccoc2Br)ccc1C. The zero-order valence-corrected chi connectivity index (χ0v) is 13.2. The molecule has 0 aliphatic carbocycles. The number of methoxy groups -OCH3 is 1. The second kappa shape index (κ2) is 5.29. The van der Waals surface area contributed by atoms with Crippen molar-refractivity contribution in [1.29, 1.82) is 0 Å². The summed E-state index contributed by atoms with van der Waals surface area (Å²) < 4.78 is 11.3. The van der Waals surface area contributed by atoms with Gasteiger partial charge in [0.1, 0.15) is 5.75 Å². The number of aromatic nitrogens is 2. The fourth-order valence-electron chi connectivity index (χ4n) is 2.29. The number of furan rings is 1. The first-order valence-electron chi connectivity index (χ1n) is 6.34. The minimum absolute atomic E-state index is 0.434. The number of anilines is 1. The van der Waals surface area contributed by atoms with Crippen LogP contribution in [0.15, 0.2) is 39.6 Å². The van der Waals surface area contributed by atoms with Crippen molar-refractivity contribution in [3.8, 4) is 28.1 Å². The Balaban J connectivity index is 2.19. The number of benzene rings is 1. The summed E-state index contributed by atoms with van der Waals surface area (Å²) in [7, 11) is 1.65. The minimum Gasteiger partial charge on any atom is -0.496 e. The quantitative estimate of drug-likeness (QED) is 0.750. The highest BCUT2D eigenvalue weighted by Gasteiger charge is 2.19. The average molecular weight is 348 g/mol. The predicted molar refractivity (Wildman–Crippen MR) is 85.1 cm³/mol. The van der Waals surface area contributed by atoms with E-state index in [1.807, 2.05) is 31.2 Å². The van der Waals surface area contributed by atoms with Crippen LogP contribution in [-0.2, 0) is 0 Å². The van der Waals surface area contributed by atoms with E-state index >= 15 is 0 Å². The molecule has 0 unspecified atom stereocenters. The molecule has 1 aromatic carbocycles. The van der Waals surface area contributed by atoms with Gasteiger partial charge in [-0.15, -0.1) is 0 Å². The molecule has 5 nitrogen and oxygen atoms in total. The van der Waals surface area contributed by atoms with E-state index in [1.54, 1.807) is 13.4 Å². The Bertz CT molecular complexity index is 792. The van der Waals surface area contributed by atoms with E-state index < -0.39 is 0 Å². The second-order valence-corrected chi connectivity index (χ2v) is 5.37. The fourth-order valence-corrected chi connectivity index (χ4v) is 2.73. The van der Waals surface area contributed by atoms with E-state index in [0.29, 0.717) is 10.5 Å². The molecule has 0 radical (unpaired) electrons. The molecular weight excluding hydrogens is 334 g/mol. The number of hydrogen-bond donors (Lipinski definition) is 2. The van der Waals surface area contributed by atoms with Gasteiger partial charge >= 0.3 is 0 Å². The van der Waals surface area contributed by atoms with Crippen molar-refractivity contribution < 1.29 is 9.15 Å². The Labute approximate surface area is 130 Å². The summed E-state index contributed by atoms with van der Waals surface area (Å²) in [5.74, 6) is 1.24. The molecule has 0 saturated carbocycles. The van der Waals surface area contributed by atoms with Gasteiger partial charge in [0.05, 0.1) is 30.2 Å². The number of halogens is 1. The monoisotopic (exact) mass is 347 g/mol. The van der Waals surface area contributed by atoms with Gasteiger partial charge in [-0.05, 0) is 46.1 Å². The largest absolute Gasteiger partial charge is 0.496 e. The van der Waals surface area contributed by atoms with Crippen molar-refractivity contribution in [2.45, 2.75) is 6.92 Å². The molecule has 0 bridgehead atoms. The Morgan fingerprint density at radius 2 is 2.14 bits per heavy atom. The third-order valence-electron chi connectivity index (χ3n) is 3.38. The second-order valence-electron chi connectivity index (χ2n) is 4.65. The maximum absolute atomic E-state index is 6.03. The molecule has 3 rings (SSSR count). The van der Waals surface area contributed by atoms with Gasteiger partial charge in [0.15, 0.2) is 10.5 Å². The van der Waals surface area contributed by atoms with E-state index in [4.69, 9.17) is 14.9 Å². The highest BCUT2D eigenvalue weighted by molar-refractivity contribution is 9.10. The van der Waals surface area contributed by atoms with Crippen molar-refractivity contribution in [3.63, 3.8) is 0 Å². The van der Waals surface area contributed by atoms with Crippen LogP contribution < -0.4 is 10.5 Å². The topological polar surface area (TPSA) is 77.1 Å². The Kier molecular flexibility index (Phi) is 3.47. The minimum atomic E-state index is 0.434. The number of rotatable bonds is 3. The number of aromatic amines is 1. The summed E-state index contributed by atoms with van der Waals surface area (Å²) in [5, 5.41) is 7.08. The molecule has 3 aromatic rings. The van der Waals surface area contributed by atoms with Crippen LogP contribution in [0, 0.1) is 6.92 Å². The van der Waals surface area contributed by atoms with Gasteiger partial charge < -0.3 is 14.9 Å². The van der Waals surface area contributed by atoms with Gasteiger partial charge in [-0.3, -0.25) is 5.10 Å². The van der Waals surface area contributed by atoms with E-state index in [2.05, 4.69) is 26.1 Å². The summed E-state index contributed by atoms with van der Waals surface area (Å²) in [5.41, 5.74) is 10.5. The van der Waals surface area contributed by atoms with Crippen molar-refractivity contribution in [1.82, 2.24) is 10.2 Å². The lowest BCUT2D eigenvalue weighted by Crippen LogP contribution is -1.91. The maximum Gasteiger partial charge on any atom is 0.178 e. The molecule has 6 heteroatoms. The molecule has 0 aliphatic rings. The first-order valence-corrected chi connectivity index (χ1v) is 7.13. The lowest BCUT2D eigenvalue weighted by molar-refractivity contribution is 0.412. The smallest absolute Gasteiger partial charge is 0.178 e. The molecule has 0 fully saturated rings. The number of nitrogen functional groups attached to an aromatic ring is 1. The Morgan fingerprint density at radius 3 is 2.81 bits per heavy atom. The van der Waals surface area contributed by atoms with Gasteiger partial charge in [0.2, 0.25) is 0 Å². The molecule has 108 valence electrons. The lowest BCUT2D eigenvalue weighted by Gasteiger charge is -2.08. The first-order chi connectivity index (χ1) is 10.1. The molecule has 0 amide bonds.